The van der Waals surface area contributed by atoms with Crippen LogP contribution in [-0.4, -0.2) is 12.9 Å². The molecule has 0 atom stereocenters. The minimum Gasteiger partial charge on any atom is -0.497 e. The summed E-state index contributed by atoms with van der Waals surface area (Å²) in [6.45, 7) is 8.73. The number of benzene rings is 2. The van der Waals surface area contributed by atoms with Crippen molar-refractivity contribution in [2.45, 2.75) is 27.7 Å². The third kappa shape index (κ3) is 1.97. The van der Waals surface area contributed by atoms with Gasteiger partial charge in [0.2, 0.25) is 0 Å². The molecule has 0 radical (unpaired) electrons. The molecule has 2 aromatic rings. The average molecular weight is 282 g/mol. The fraction of sp³-hybridized carbons (Fsp3) is 0.421. The second kappa shape index (κ2) is 4.33. The van der Waals surface area contributed by atoms with Gasteiger partial charge in [-0.25, -0.2) is 0 Å². The van der Waals surface area contributed by atoms with Crippen molar-refractivity contribution in [2.24, 2.45) is 16.7 Å². The maximum atomic E-state index is 12.8. The molecule has 0 amide bonds. The molecule has 2 nitrogen and oxygen atoms in total. The van der Waals surface area contributed by atoms with Gasteiger partial charge in [0.15, 0.2) is 5.78 Å². The van der Waals surface area contributed by atoms with Gasteiger partial charge >= 0.3 is 0 Å². The van der Waals surface area contributed by atoms with E-state index in [9.17, 15) is 4.79 Å². The van der Waals surface area contributed by atoms with Crippen molar-refractivity contribution in [3.8, 4) is 5.75 Å². The zero-order valence-corrected chi connectivity index (χ0v) is 13.4. The SMILES string of the molecule is COc1ccc2cc(C(=O)C3C(C)(C)C3(C)C)ccc2c1. The molecule has 0 unspecified atom stereocenters. The van der Waals surface area contributed by atoms with Crippen molar-refractivity contribution in [1.29, 1.82) is 0 Å². The summed E-state index contributed by atoms with van der Waals surface area (Å²) in [5, 5.41) is 2.18. The van der Waals surface area contributed by atoms with Crippen LogP contribution in [0.25, 0.3) is 10.8 Å². The second-order valence-corrected chi connectivity index (χ2v) is 7.17. The Hall–Kier alpha value is -1.83. The van der Waals surface area contributed by atoms with Crippen LogP contribution < -0.4 is 4.74 Å². The number of carbonyl (C=O) groups excluding carboxylic acids is 1. The quantitative estimate of drug-likeness (QED) is 0.762. The lowest BCUT2D eigenvalue weighted by Crippen LogP contribution is -2.07. The van der Waals surface area contributed by atoms with Crippen LogP contribution in [-0.2, 0) is 0 Å². The second-order valence-electron chi connectivity index (χ2n) is 7.17. The lowest BCUT2D eigenvalue weighted by molar-refractivity contribution is 0.0945. The van der Waals surface area contributed by atoms with Crippen molar-refractivity contribution < 1.29 is 9.53 Å². The Morgan fingerprint density at radius 1 is 0.952 bits per heavy atom. The van der Waals surface area contributed by atoms with Gasteiger partial charge in [0, 0.05) is 11.5 Å². The molecule has 1 saturated carbocycles. The van der Waals surface area contributed by atoms with E-state index in [4.69, 9.17) is 4.74 Å². The van der Waals surface area contributed by atoms with Crippen molar-refractivity contribution in [2.75, 3.05) is 7.11 Å². The summed E-state index contributed by atoms with van der Waals surface area (Å²) in [7, 11) is 1.66. The van der Waals surface area contributed by atoms with Gasteiger partial charge in [-0.2, -0.15) is 0 Å². The van der Waals surface area contributed by atoms with E-state index < -0.39 is 0 Å². The van der Waals surface area contributed by atoms with Crippen molar-refractivity contribution >= 4 is 16.6 Å². The van der Waals surface area contributed by atoms with Gasteiger partial charge in [-0.15, -0.1) is 0 Å². The fourth-order valence-electron chi connectivity index (χ4n) is 3.52. The zero-order valence-electron chi connectivity index (χ0n) is 13.4. The van der Waals surface area contributed by atoms with Gasteiger partial charge in [-0.05, 0) is 39.8 Å². The molecule has 0 spiro atoms. The Labute approximate surface area is 126 Å². The lowest BCUT2D eigenvalue weighted by Gasteiger charge is -2.06. The van der Waals surface area contributed by atoms with Crippen LogP contribution >= 0.6 is 0 Å². The number of hydrogen-bond acceptors (Lipinski definition) is 2. The van der Waals surface area contributed by atoms with E-state index in [2.05, 4.69) is 27.7 Å². The summed E-state index contributed by atoms with van der Waals surface area (Å²) >= 11 is 0. The Kier molecular flexibility index (Phi) is 2.91. The number of ether oxygens (including phenoxy) is 1. The van der Waals surface area contributed by atoms with Crippen LogP contribution in [0.1, 0.15) is 38.1 Å². The van der Waals surface area contributed by atoms with Crippen LogP contribution in [0.5, 0.6) is 5.75 Å². The largest absolute Gasteiger partial charge is 0.497 e. The predicted octanol–water partition coefficient (Wildman–Crippen LogP) is 4.71. The van der Waals surface area contributed by atoms with Gasteiger partial charge in [-0.1, -0.05) is 45.9 Å². The first kappa shape index (κ1) is 14.1. The average Bonchev–Trinajstić information content (AvgIpc) is 2.86. The molecule has 2 heteroatoms. The highest BCUT2D eigenvalue weighted by Crippen LogP contribution is 2.69. The van der Waals surface area contributed by atoms with Gasteiger partial charge < -0.3 is 4.74 Å². The number of hydrogen-bond donors (Lipinski definition) is 0. The Morgan fingerprint density at radius 2 is 1.52 bits per heavy atom. The molecule has 0 aliphatic heterocycles. The maximum Gasteiger partial charge on any atom is 0.167 e. The summed E-state index contributed by atoms with van der Waals surface area (Å²) < 4.78 is 5.24. The van der Waals surface area contributed by atoms with E-state index in [-0.39, 0.29) is 22.5 Å². The first-order valence-electron chi connectivity index (χ1n) is 7.41. The van der Waals surface area contributed by atoms with E-state index in [0.29, 0.717) is 0 Å². The van der Waals surface area contributed by atoms with Crippen molar-refractivity contribution in [3.63, 3.8) is 0 Å². The molecule has 0 saturated heterocycles. The van der Waals surface area contributed by atoms with Crippen LogP contribution in [0, 0.1) is 16.7 Å². The molecule has 0 N–H and O–H groups in total. The van der Waals surface area contributed by atoms with Crippen LogP contribution in [0.3, 0.4) is 0 Å². The first-order chi connectivity index (χ1) is 9.79. The van der Waals surface area contributed by atoms with E-state index in [1.165, 1.54) is 0 Å². The number of fused-ring (bicyclic) bond motifs is 1. The highest BCUT2D eigenvalue weighted by Gasteiger charge is 2.67. The lowest BCUT2D eigenvalue weighted by atomic mass is 9.98. The topological polar surface area (TPSA) is 26.3 Å². The minimum absolute atomic E-state index is 0.0823. The van der Waals surface area contributed by atoms with E-state index in [1.807, 2.05) is 36.4 Å². The highest BCUT2D eigenvalue weighted by atomic mass is 16.5. The fourth-order valence-corrected chi connectivity index (χ4v) is 3.52. The van der Waals surface area contributed by atoms with Crippen molar-refractivity contribution in [1.82, 2.24) is 0 Å². The van der Waals surface area contributed by atoms with E-state index in [1.54, 1.807) is 7.11 Å². The summed E-state index contributed by atoms with van der Waals surface area (Å²) in [5.74, 6) is 1.22. The molecule has 3 rings (SSSR count). The number of rotatable bonds is 3. The first-order valence-corrected chi connectivity index (χ1v) is 7.41. The third-order valence-electron chi connectivity index (χ3n) is 5.61. The minimum atomic E-state index is 0.0823. The Morgan fingerprint density at radius 3 is 2.10 bits per heavy atom. The van der Waals surface area contributed by atoms with Crippen LogP contribution in [0.2, 0.25) is 0 Å². The normalized spacial score (nSPS) is 19.5. The smallest absolute Gasteiger partial charge is 0.167 e. The van der Waals surface area contributed by atoms with Gasteiger partial charge in [0.25, 0.3) is 0 Å². The van der Waals surface area contributed by atoms with Crippen LogP contribution in [0.15, 0.2) is 36.4 Å². The van der Waals surface area contributed by atoms with Gasteiger partial charge in [0.1, 0.15) is 5.75 Å². The molecular weight excluding hydrogens is 260 g/mol. The van der Waals surface area contributed by atoms with E-state index in [0.717, 1.165) is 22.1 Å². The molecule has 1 aliphatic carbocycles. The zero-order chi connectivity index (χ0) is 15.4. The van der Waals surface area contributed by atoms with Crippen LogP contribution in [0.4, 0.5) is 0 Å². The molecule has 1 fully saturated rings. The van der Waals surface area contributed by atoms with Gasteiger partial charge in [-0.3, -0.25) is 4.79 Å². The van der Waals surface area contributed by atoms with Crippen molar-refractivity contribution in [3.05, 3.63) is 42.0 Å². The molecular formula is C19H22O2. The molecule has 0 bridgehead atoms. The summed E-state index contributed by atoms with van der Waals surface area (Å²) in [6.07, 6.45) is 0. The molecule has 21 heavy (non-hydrogen) atoms. The standard InChI is InChI=1S/C19H22O2/c1-18(2)17(19(18,3)4)16(20)14-7-6-13-11-15(21-5)9-8-12(13)10-14/h6-11,17H,1-5H3. The summed E-state index contributed by atoms with van der Waals surface area (Å²) in [6, 6.07) is 11.9. The summed E-state index contributed by atoms with van der Waals surface area (Å²) in [4.78, 5) is 12.8. The van der Waals surface area contributed by atoms with Gasteiger partial charge in [0.05, 0.1) is 7.11 Å². The number of ketones is 1. The third-order valence-corrected chi connectivity index (χ3v) is 5.61. The number of carbonyl (C=O) groups is 1. The monoisotopic (exact) mass is 282 g/mol. The Bertz CT molecular complexity index is 711. The Balaban J connectivity index is 1.97. The molecule has 1 aliphatic rings. The summed E-state index contributed by atoms with van der Waals surface area (Å²) in [5.41, 5.74) is 0.981. The molecule has 0 heterocycles. The number of methoxy groups -OCH3 is 1. The van der Waals surface area contributed by atoms with E-state index >= 15 is 0 Å². The molecule has 0 aromatic heterocycles. The predicted molar refractivity (Wildman–Crippen MR) is 85.9 cm³/mol. The highest BCUT2D eigenvalue weighted by molar-refractivity contribution is 6.04. The molecule has 2 aromatic carbocycles. The molecule has 110 valence electrons. The number of Topliss-reactive ketones (excluding diaryl/α,β-unsaturated/α-hetero) is 1. The maximum absolute atomic E-state index is 12.8.